The number of hydrogen-bond acceptors (Lipinski definition) is 2. The molecule has 0 aliphatic rings. The van der Waals surface area contributed by atoms with E-state index >= 15 is 0 Å². The quantitative estimate of drug-likeness (QED) is 0.593. The lowest BCUT2D eigenvalue weighted by molar-refractivity contribution is 0.383. The van der Waals surface area contributed by atoms with Gasteiger partial charge in [-0.3, -0.25) is 9.13 Å². The summed E-state index contributed by atoms with van der Waals surface area (Å²) in [6.07, 6.45) is 2.97. The van der Waals surface area contributed by atoms with Crippen molar-refractivity contribution in [2.45, 2.75) is 27.7 Å². The molecule has 18 heavy (non-hydrogen) atoms. The fraction of sp³-hybridized carbons (Fsp3) is 0.600. The van der Waals surface area contributed by atoms with Gasteiger partial charge in [0.2, 0.25) is 0 Å². The summed E-state index contributed by atoms with van der Waals surface area (Å²) in [6, 6.07) is 0. The van der Waals surface area contributed by atoms with Crippen molar-refractivity contribution in [2.24, 2.45) is 11.8 Å². The summed E-state index contributed by atoms with van der Waals surface area (Å²) in [5, 5.41) is 0. The van der Waals surface area contributed by atoms with Crippen LogP contribution in [0, 0.1) is 11.8 Å². The van der Waals surface area contributed by atoms with E-state index in [1.165, 1.54) is 12.2 Å². The van der Waals surface area contributed by atoms with Crippen LogP contribution in [0.3, 0.4) is 0 Å². The first-order valence-corrected chi connectivity index (χ1v) is 8.69. The van der Waals surface area contributed by atoms with Crippen LogP contribution in [0.1, 0.15) is 27.7 Å². The van der Waals surface area contributed by atoms with Crippen molar-refractivity contribution < 1.29 is 28.7 Å². The van der Waals surface area contributed by atoms with Gasteiger partial charge in [-0.25, -0.2) is 0 Å². The Balaban J connectivity index is 0. The average Bonchev–Trinajstić information content (AvgIpc) is 2.10. The van der Waals surface area contributed by atoms with Gasteiger partial charge in [-0.1, -0.05) is 39.8 Å². The molecule has 0 aromatic heterocycles. The molecule has 0 aliphatic heterocycles. The van der Waals surface area contributed by atoms with Gasteiger partial charge in [0.25, 0.3) is 0 Å². The van der Waals surface area contributed by atoms with Gasteiger partial charge < -0.3 is 19.6 Å². The molecule has 0 rings (SSSR count). The molecule has 6 nitrogen and oxygen atoms in total. The first-order valence-electron chi connectivity index (χ1n) is 5.32. The highest BCUT2D eigenvalue weighted by Gasteiger charge is 2.05. The number of hydrogen-bond donors (Lipinski definition) is 4. The highest BCUT2D eigenvalue weighted by Crippen LogP contribution is 2.36. The van der Waals surface area contributed by atoms with Gasteiger partial charge in [0.15, 0.2) is 0 Å². The summed E-state index contributed by atoms with van der Waals surface area (Å²) in [6.45, 7) is 7.41. The summed E-state index contributed by atoms with van der Waals surface area (Å²) in [7, 11) is -7.80. The molecule has 0 aromatic rings. The Hall–Kier alpha value is -0.220. The van der Waals surface area contributed by atoms with E-state index in [1.807, 2.05) is 27.7 Å². The summed E-state index contributed by atoms with van der Waals surface area (Å²) in [5.41, 5.74) is 0. The van der Waals surface area contributed by atoms with E-state index in [4.69, 9.17) is 19.6 Å². The Morgan fingerprint density at radius 2 is 0.944 bits per heavy atom. The minimum absolute atomic E-state index is 0.192. The molecule has 0 unspecified atom stereocenters. The Morgan fingerprint density at radius 3 is 1.00 bits per heavy atom. The van der Waals surface area contributed by atoms with Crippen molar-refractivity contribution in [2.75, 3.05) is 0 Å². The maximum atomic E-state index is 10.1. The van der Waals surface area contributed by atoms with Crippen LogP contribution < -0.4 is 0 Å². The summed E-state index contributed by atoms with van der Waals surface area (Å²) >= 11 is 0. The van der Waals surface area contributed by atoms with Gasteiger partial charge in [0, 0.05) is 11.6 Å². The lowest BCUT2D eigenvalue weighted by atomic mass is 10.2. The maximum Gasteiger partial charge on any atom is 0.348 e. The molecule has 0 aromatic carbocycles. The molecule has 0 saturated heterocycles. The van der Waals surface area contributed by atoms with Crippen LogP contribution in [0.25, 0.3) is 0 Å². The first-order chi connectivity index (χ1) is 7.83. The zero-order chi connectivity index (χ0) is 15.0. The lowest BCUT2D eigenvalue weighted by Crippen LogP contribution is -1.77. The van der Waals surface area contributed by atoms with Crippen LogP contribution in [0.5, 0.6) is 0 Å². The van der Waals surface area contributed by atoms with Gasteiger partial charge in [-0.2, -0.15) is 0 Å². The average molecular weight is 300 g/mol. The second kappa shape index (κ2) is 8.81. The van der Waals surface area contributed by atoms with E-state index in [0.717, 1.165) is 11.6 Å². The second-order valence-electron chi connectivity index (χ2n) is 4.35. The summed E-state index contributed by atoms with van der Waals surface area (Å²) in [4.78, 5) is 33.2. The van der Waals surface area contributed by atoms with E-state index in [1.54, 1.807) is 0 Å². The van der Waals surface area contributed by atoms with E-state index in [-0.39, 0.29) is 11.8 Å². The third kappa shape index (κ3) is 24.8. The van der Waals surface area contributed by atoms with Gasteiger partial charge in [-0.15, -0.1) is 0 Å². The van der Waals surface area contributed by atoms with Crippen LogP contribution in [0.15, 0.2) is 23.8 Å². The van der Waals surface area contributed by atoms with Crippen LogP contribution >= 0.6 is 15.2 Å². The minimum Gasteiger partial charge on any atom is -0.321 e. The molecule has 4 N–H and O–H groups in total. The second-order valence-corrected chi connectivity index (χ2v) is 7.30. The highest BCUT2D eigenvalue weighted by atomic mass is 31.2. The highest BCUT2D eigenvalue weighted by molar-refractivity contribution is 7.55. The van der Waals surface area contributed by atoms with Crippen molar-refractivity contribution in [1.82, 2.24) is 0 Å². The van der Waals surface area contributed by atoms with E-state index in [2.05, 4.69) is 0 Å². The molecule has 0 spiro atoms. The molecular weight excluding hydrogens is 278 g/mol. The fourth-order valence-electron chi connectivity index (χ4n) is 0.568. The molecule has 0 heterocycles. The molecule has 8 heteroatoms. The summed E-state index contributed by atoms with van der Waals surface area (Å²) in [5.74, 6) is 2.24. The van der Waals surface area contributed by atoms with E-state index in [9.17, 15) is 9.13 Å². The fourth-order valence-corrected chi connectivity index (χ4v) is 1.71. The molecule has 0 aliphatic carbocycles. The molecular formula is C10H22O6P2. The Bertz CT molecular complexity index is 325. The van der Waals surface area contributed by atoms with Crippen LogP contribution in [0.4, 0.5) is 0 Å². The number of rotatable bonds is 4. The smallest absolute Gasteiger partial charge is 0.321 e. The topological polar surface area (TPSA) is 115 Å². The predicted molar refractivity (Wildman–Crippen MR) is 72.0 cm³/mol. The Morgan fingerprint density at radius 1 is 0.722 bits per heavy atom. The van der Waals surface area contributed by atoms with Crippen LogP contribution in [-0.4, -0.2) is 19.6 Å². The number of allylic oxidation sites excluding steroid dienone is 2. The van der Waals surface area contributed by atoms with Crippen LogP contribution in [-0.2, 0) is 9.13 Å². The SMILES string of the molecule is CC(C)/C=C/P(=O)(O)O.CC(C)/C=C\P(=O)(O)O. The molecule has 0 atom stereocenters. The zero-order valence-electron chi connectivity index (χ0n) is 11.0. The third-order valence-electron chi connectivity index (χ3n) is 1.33. The monoisotopic (exact) mass is 300 g/mol. The molecule has 0 fully saturated rings. The van der Waals surface area contributed by atoms with Crippen molar-refractivity contribution in [3.05, 3.63) is 23.8 Å². The molecule has 0 saturated carbocycles. The van der Waals surface area contributed by atoms with Gasteiger partial charge in [0.05, 0.1) is 0 Å². The maximum absolute atomic E-state index is 10.1. The first kappa shape index (κ1) is 20.1. The summed E-state index contributed by atoms with van der Waals surface area (Å²) < 4.78 is 20.3. The van der Waals surface area contributed by atoms with E-state index < -0.39 is 15.2 Å². The largest absolute Gasteiger partial charge is 0.348 e. The van der Waals surface area contributed by atoms with Gasteiger partial charge >= 0.3 is 15.2 Å². The molecule has 0 bridgehead atoms. The zero-order valence-corrected chi connectivity index (χ0v) is 12.8. The van der Waals surface area contributed by atoms with Crippen LogP contribution in [0.2, 0.25) is 0 Å². The van der Waals surface area contributed by atoms with Crippen molar-refractivity contribution in [1.29, 1.82) is 0 Å². The molecule has 108 valence electrons. The van der Waals surface area contributed by atoms with Gasteiger partial charge in [-0.05, 0) is 11.8 Å². The lowest BCUT2D eigenvalue weighted by Gasteiger charge is -1.95. The Labute approximate surface area is 108 Å². The third-order valence-corrected chi connectivity index (χ3v) is 2.45. The molecule has 0 radical (unpaired) electrons. The Kier molecular flexibility index (Phi) is 9.84. The van der Waals surface area contributed by atoms with E-state index in [0.29, 0.717) is 0 Å². The minimum atomic E-state index is -3.90. The van der Waals surface area contributed by atoms with Gasteiger partial charge in [0.1, 0.15) is 0 Å². The predicted octanol–water partition coefficient (Wildman–Crippen LogP) is 2.67. The standard InChI is InChI=1S/2C5H11O3P/c2*1-5(2)3-4-9(6,7)8/h2*3-5H,1-2H3,(H2,6,7,8)/b4-3+;4-3-. The van der Waals surface area contributed by atoms with Crippen molar-refractivity contribution >= 4 is 15.2 Å². The molecule has 0 amide bonds. The van der Waals surface area contributed by atoms with Crippen molar-refractivity contribution in [3.8, 4) is 0 Å². The normalized spacial score (nSPS) is 13.4. The van der Waals surface area contributed by atoms with Crippen molar-refractivity contribution in [3.63, 3.8) is 0 Å².